The molecule has 0 nitrogen and oxygen atoms in total. The monoisotopic (exact) mass is 306 g/mol. The summed E-state index contributed by atoms with van der Waals surface area (Å²) >= 11 is 0.191. The molecule has 0 spiro atoms. The van der Waals surface area contributed by atoms with Crippen LogP contribution in [0.15, 0.2) is 0 Å². The summed E-state index contributed by atoms with van der Waals surface area (Å²) in [6.45, 7) is 0. The van der Waals surface area contributed by atoms with Gasteiger partial charge in [-0.15, -0.1) is 0 Å². The smallest absolute Gasteiger partial charge is 0.0857 e. The maximum atomic E-state index is 1.61. The van der Waals surface area contributed by atoms with E-state index in [4.69, 9.17) is 0 Å². The molecule has 2 aliphatic carbocycles. The number of hydrogen-bond acceptors (Lipinski definition) is 0. The molecule has 122 valence electrons. The maximum absolute atomic E-state index is 1.61. The van der Waals surface area contributed by atoms with Crippen molar-refractivity contribution in [3.05, 3.63) is 0 Å². The molecule has 2 fully saturated rings. The average molecular weight is 307 g/mol. The molecule has 0 atom stereocenters. The molecule has 0 heterocycles. The second-order valence-corrected chi connectivity index (χ2v) is 10.9. The zero-order chi connectivity index (χ0) is 14.6. The molecule has 21 heavy (non-hydrogen) atoms. The van der Waals surface area contributed by atoms with Crippen molar-refractivity contribution in [2.24, 2.45) is 0 Å². The molecule has 0 aliphatic heterocycles. The molecule has 2 rings (SSSR count). The highest BCUT2D eigenvalue weighted by atomic mass is 27.1. The van der Waals surface area contributed by atoms with Crippen molar-refractivity contribution in [2.45, 2.75) is 125 Å². The lowest BCUT2D eigenvalue weighted by molar-refractivity contribution is 0.482. The average Bonchev–Trinajstić information content (AvgIpc) is 2.52. The van der Waals surface area contributed by atoms with E-state index in [1.54, 1.807) is 51.4 Å². The minimum Gasteiger partial charge on any atom is -0.0857 e. The van der Waals surface area contributed by atoms with E-state index in [2.05, 4.69) is 0 Å². The third-order valence-electron chi connectivity index (χ3n) is 6.12. The van der Waals surface area contributed by atoms with Crippen LogP contribution in [0.25, 0.3) is 0 Å². The highest BCUT2D eigenvalue weighted by Gasteiger charge is 2.20. The predicted octanol–water partition coefficient (Wildman–Crippen LogP) is 7.05. The SMILES string of the molecule is C1CCCC[CH]([AlH][CH]2CCCCCCCCC2)CCCC1. The van der Waals surface area contributed by atoms with E-state index in [0.717, 1.165) is 0 Å². The Hall–Kier alpha value is 0.532. The minimum atomic E-state index is 0.191. The number of hydrogen-bond donors (Lipinski definition) is 0. The van der Waals surface area contributed by atoms with Gasteiger partial charge in [0.05, 0.1) is 0 Å². The second-order valence-electron chi connectivity index (χ2n) is 8.07. The Morgan fingerprint density at radius 3 is 0.857 bits per heavy atom. The summed E-state index contributed by atoms with van der Waals surface area (Å²) < 4.78 is 2.44. The molecule has 2 saturated carbocycles. The Bertz CT molecular complexity index is 194. The third-order valence-corrected chi connectivity index (χ3v) is 9.08. The Balaban J connectivity index is 1.74. The molecule has 0 amide bonds. The molecule has 0 aromatic carbocycles. The van der Waals surface area contributed by atoms with Crippen molar-refractivity contribution in [1.29, 1.82) is 0 Å². The van der Waals surface area contributed by atoms with Crippen LogP contribution >= 0.6 is 0 Å². The first-order chi connectivity index (χ1) is 10.4. The molecule has 0 radical (unpaired) electrons. The van der Waals surface area contributed by atoms with Crippen LogP contribution in [-0.4, -0.2) is 15.2 Å². The molecule has 0 aromatic heterocycles. The molecule has 2 aliphatic rings. The summed E-state index contributed by atoms with van der Waals surface area (Å²) in [4.78, 5) is 0. The second kappa shape index (κ2) is 12.0. The van der Waals surface area contributed by atoms with Gasteiger partial charge in [-0.1, -0.05) is 125 Å². The molecule has 0 bridgehead atoms. The van der Waals surface area contributed by atoms with Gasteiger partial charge in [0, 0.05) is 0 Å². The summed E-state index contributed by atoms with van der Waals surface area (Å²) in [7, 11) is 0. The summed E-state index contributed by atoms with van der Waals surface area (Å²) in [5, 5.41) is 0. The molecule has 0 N–H and O–H groups in total. The van der Waals surface area contributed by atoms with E-state index >= 15 is 0 Å². The first-order valence-electron chi connectivity index (χ1n) is 10.4. The highest BCUT2D eigenvalue weighted by Crippen LogP contribution is 2.33. The summed E-state index contributed by atoms with van der Waals surface area (Å²) in [6.07, 6.45) is 28.0. The van der Waals surface area contributed by atoms with Crippen molar-refractivity contribution in [2.75, 3.05) is 0 Å². The first kappa shape index (κ1) is 17.9. The van der Waals surface area contributed by atoms with Crippen LogP contribution in [0.5, 0.6) is 0 Å². The van der Waals surface area contributed by atoms with E-state index < -0.39 is 0 Å². The summed E-state index contributed by atoms with van der Waals surface area (Å²) in [5.41, 5.74) is 0. The van der Waals surface area contributed by atoms with Gasteiger partial charge in [0.15, 0.2) is 0 Å². The van der Waals surface area contributed by atoms with Gasteiger partial charge in [-0.25, -0.2) is 0 Å². The van der Waals surface area contributed by atoms with Gasteiger partial charge in [0.25, 0.3) is 0 Å². The fraction of sp³-hybridized carbons (Fsp3) is 1.00. The fourth-order valence-electron chi connectivity index (χ4n) is 4.73. The van der Waals surface area contributed by atoms with Crippen molar-refractivity contribution in [1.82, 2.24) is 0 Å². The van der Waals surface area contributed by atoms with Crippen molar-refractivity contribution in [3.8, 4) is 0 Å². The Kier molecular flexibility index (Phi) is 10.2. The standard InChI is InChI=1S/2C10H19.Al.H/c2*1-2-4-6-8-10-9-7-5-3-1;;/h2*1H,2-10H2;;. The fourth-order valence-corrected chi connectivity index (χ4v) is 7.77. The summed E-state index contributed by atoms with van der Waals surface area (Å²) in [5.74, 6) is 0. The first-order valence-corrected chi connectivity index (χ1v) is 12.1. The quantitative estimate of drug-likeness (QED) is 0.479. The van der Waals surface area contributed by atoms with Crippen molar-refractivity contribution in [3.63, 3.8) is 0 Å². The minimum absolute atomic E-state index is 0.191. The van der Waals surface area contributed by atoms with Crippen LogP contribution in [0.2, 0.25) is 9.56 Å². The van der Waals surface area contributed by atoms with E-state index in [-0.39, 0.29) is 15.2 Å². The third kappa shape index (κ3) is 8.66. The van der Waals surface area contributed by atoms with Gasteiger partial charge in [0.1, 0.15) is 0 Å². The van der Waals surface area contributed by atoms with Crippen LogP contribution in [-0.2, 0) is 0 Å². The molecular formula is C20H39Al. The number of rotatable bonds is 2. The van der Waals surface area contributed by atoms with Crippen molar-refractivity contribution < 1.29 is 0 Å². The van der Waals surface area contributed by atoms with Gasteiger partial charge < -0.3 is 0 Å². The Morgan fingerprint density at radius 1 is 0.333 bits per heavy atom. The van der Waals surface area contributed by atoms with Gasteiger partial charge in [-0.3, -0.25) is 0 Å². The van der Waals surface area contributed by atoms with Crippen LogP contribution in [0, 0.1) is 0 Å². The Morgan fingerprint density at radius 2 is 0.571 bits per heavy atom. The van der Waals surface area contributed by atoms with Crippen molar-refractivity contribution >= 4 is 15.2 Å². The zero-order valence-electron chi connectivity index (χ0n) is 14.6. The van der Waals surface area contributed by atoms with E-state index in [1.165, 1.54) is 73.8 Å². The topological polar surface area (TPSA) is 0 Å². The van der Waals surface area contributed by atoms with Crippen LogP contribution in [0.4, 0.5) is 0 Å². The lowest BCUT2D eigenvalue weighted by atomic mass is 10.00. The van der Waals surface area contributed by atoms with Gasteiger partial charge in [-0.05, 0) is 0 Å². The molecule has 0 aromatic rings. The lowest BCUT2D eigenvalue weighted by Crippen LogP contribution is -2.13. The van der Waals surface area contributed by atoms with Gasteiger partial charge in [-0.2, -0.15) is 0 Å². The largest absolute Gasteiger partial charge is 0.245 e. The highest BCUT2D eigenvalue weighted by molar-refractivity contribution is 6.39. The molecular weight excluding hydrogens is 267 g/mol. The van der Waals surface area contributed by atoms with Crippen LogP contribution in [0.3, 0.4) is 0 Å². The van der Waals surface area contributed by atoms with Crippen LogP contribution < -0.4 is 0 Å². The molecule has 0 saturated heterocycles. The van der Waals surface area contributed by atoms with Gasteiger partial charge >= 0.3 is 0 Å². The Labute approximate surface area is 140 Å². The van der Waals surface area contributed by atoms with E-state index in [9.17, 15) is 0 Å². The van der Waals surface area contributed by atoms with Crippen LogP contribution in [0.1, 0.15) is 116 Å². The van der Waals surface area contributed by atoms with Gasteiger partial charge in [0.2, 0.25) is 15.2 Å². The molecule has 0 unspecified atom stereocenters. The maximum Gasteiger partial charge on any atom is 0.245 e. The predicted molar refractivity (Wildman–Crippen MR) is 97.8 cm³/mol. The summed E-state index contributed by atoms with van der Waals surface area (Å²) in [6, 6.07) is 0. The van der Waals surface area contributed by atoms with E-state index in [1.807, 2.05) is 0 Å². The lowest BCUT2D eigenvalue weighted by Gasteiger charge is -2.23. The molecule has 1 heteroatoms. The van der Waals surface area contributed by atoms with E-state index in [0.29, 0.717) is 0 Å². The zero-order valence-corrected chi connectivity index (χ0v) is 16.0. The normalized spacial score (nSPS) is 26.1.